The van der Waals surface area contributed by atoms with Gasteiger partial charge in [-0.2, -0.15) is 0 Å². The molecule has 0 fully saturated rings. The number of urea groups is 1. The van der Waals surface area contributed by atoms with Gasteiger partial charge in [0.2, 0.25) is 0 Å². The maximum absolute atomic E-state index is 12.6. The third-order valence-electron chi connectivity index (χ3n) is 4.58. The molecule has 0 bridgehead atoms. The summed E-state index contributed by atoms with van der Waals surface area (Å²) in [4.78, 5) is 26.7. The summed E-state index contributed by atoms with van der Waals surface area (Å²) in [6.45, 7) is 10.2. The third-order valence-corrected chi connectivity index (χ3v) is 4.58. The Bertz CT molecular complexity index is 663. The van der Waals surface area contributed by atoms with Gasteiger partial charge in [-0.15, -0.1) is 0 Å². The van der Waals surface area contributed by atoms with Crippen LogP contribution in [-0.2, 0) is 9.53 Å². The van der Waals surface area contributed by atoms with Crippen molar-refractivity contribution in [2.75, 3.05) is 24.6 Å². The van der Waals surface area contributed by atoms with E-state index in [1.165, 1.54) is 0 Å². The van der Waals surface area contributed by atoms with Gasteiger partial charge in [0.05, 0.1) is 18.2 Å². The van der Waals surface area contributed by atoms with Crippen LogP contribution < -0.4 is 15.5 Å². The number of carbonyl (C=O) groups is 2. The Morgan fingerprint density at radius 2 is 1.81 bits per heavy atom. The standard InChI is InChI=1S/C20H29N3O3/c1-5-8-13-26-19(24)17-14(4)21-20(25)22-18(17)15-9-11-16(12-10-15)23(6-2)7-3/h9-12,18H,5-8,13H2,1-4H3,(H2,21,22,25). The predicted molar refractivity (Wildman–Crippen MR) is 103 cm³/mol. The zero-order chi connectivity index (χ0) is 19.1. The van der Waals surface area contributed by atoms with E-state index in [1.807, 2.05) is 31.2 Å². The largest absolute Gasteiger partial charge is 0.462 e. The van der Waals surface area contributed by atoms with Gasteiger partial charge < -0.3 is 20.3 Å². The number of benzene rings is 1. The first-order valence-electron chi connectivity index (χ1n) is 9.32. The highest BCUT2D eigenvalue weighted by Crippen LogP contribution is 2.29. The Morgan fingerprint density at radius 1 is 1.15 bits per heavy atom. The molecule has 2 rings (SSSR count). The fourth-order valence-electron chi connectivity index (χ4n) is 3.07. The molecule has 0 spiro atoms. The van der Waals surface area contributed by atoms with Crippen LogP contribution in [0.3, 0.4) is 0 Å². The highest BCUT2D eigenvalue weighted by molar-refractivity contribution is 5.95. The second-order valence-electron chi connectivity index (χ2n) is 6.32. The summed E-state index contributed by atoms with van der Waals surface area (Å²) in [5.74, 6) is -0.388. The molecule has 0 radical (unpaired) electrons. The highest BCUT2D eigenvalue weighted by Gasteiger charge is 2.32. The second kappa shape index (κ2) is 9.27. The topological polar surface area (TPSA) is 70.7 Å². The number of nitrogens with zero attached hydrogens (tertiary/aromatic N) is 1. The first-order valence-corrected chi connectivity index (χ1v) is 9.32. The zero-order valence-corrected chi connectivity index (χ0v) is 16.1. The number of rotatable bonds is 8. The van der Waals surface area contributed by atoms with E-state index in [2.05, 4.69) is 29.4 Å². The summed E-state index contributed by atoms with van der Waals surface area (Å²) in [6, 6.07) is 7.12. The van der Waals surface area contributed by atoms with Gasteiger partial charge in [0.1, 0.15) is 0 Å². The Labute approximate surface area is 155 Å². The van der Waals surface area contributed by atoms with Crippen LogP contribution in [0.2, 0.25) is 0 Å². The van der Waals surface area contributed by atoms with Gasteiger partial charge in [-0.1, -0.05) is 25.5 Å². The summed E-state index contributed by atoms with van der Waals surface area (Å²) in [7, 11) is 0. The number of nitrogens with one attached hydrogen (secondary N) is 2. The molecule has 1 aromatic carbocycles. The molecular formula is C20H29N3O3. The van der Waals surface area contributed by atoms with Crippen LogP contribution in [0, 0.1) is 0 Å². The van der Waals surface area contributed by atoms with Gasteiger partial charge in [0.25, 0.3) is 0 Å². The van der Waals surface area contributed by atoms with E-state index in [4.69, 9.17) is 4.74 Å². The lowest BCUT2D eigenvalue weighted by Gasteiger charge is -2.29. The van der Waals surface area contributed by atoms with Gasteiger partial charge in [0.15, 0.2) is 0 Å². The van der Waals surface area contributed by atoms with E-state index in [9.17, 15) is 9.59 Å². The molecule has 1 aliphatic rings. The molecule has 142 valence electrons. The van der Waals surface area contributed by atoms with Crippen molar-refractivity contribution >= 4 is 17.7 Å². The van der Waals surface area contributed by atoms with Crippen LogP contribution in [0.4, 0.5) is 10.5 Å². The lowest BCUT2D eigenvalue weighted by atomic mass is 9.95. The van der Waals surface area contributed by atoms with E-state index in [-0.39, 0.29) is 12.0 Å². The molecule has 1 aliphatic heterocycles. The molecule has 0 saturated heterocycles. The van der Waals surface area contributed by atoms with Crippen molar-refractivity contribution < 1.29 is 14.3 Å². The average molecular weight is 359 g/mol. The Balaban J connectivity index is 2.27. The molecule has 26 heavy (non-hydrogen) atoms. The molecule has 6 nitrogen and oxygen atoms in total. The van der Waals surface area contributed by atoms with Crippen LogP contribution >= 0.6 is 0 Å². The van der Waals surface area contributed by atoms with Crippen molar-refractivity contribution in [1.29, 1.82) is 0 Å². The Kier molecular flexibility index (Phi) is 7.06. The number of esters is 1. The van der Waals surface area contributed by atoms with Crippen molar-refractivity contribution in [2.24, 2.45) is 0 Å². The van der Waals surface area contributed by atoms with Crippen LogP contribution in [0.25, 0.3) is 0 Å². The number of unbranched alkanes of at least 4 members (excludes halogenated alkanes) is 1. The number of anilines is 1. The molecule has 1 aromatic rings. The number of hydrogen-bond donors (Lipinski definition) is 2. The summed E-state index contributed by atoms with van der Waals surface area (Å²) < 4.78 is 5.38. The van der Waals surface area contributed by atoms with E-state index in [0.717, 1.165) is 37.2 Å². The zero-order valence-electron chi connectivity index (χ0n) is 16.1. The van der Waals surface area contributed by atoms with E-state index in [0.29, 0.717) is 17.9 Å². The van der Waals surface area contributed by atoms with Gasteiger partial charge >= 0.3 is 12.0 Å². The summed E-state index contributed by atoms with van der Waals surface area (Å²) in [5, 5.41) is 5.51. The van der Waals surface area contributed by atoms with Crippen molar-refractivity contribution in [3.63, 3.8) is 0 Å². The van der Waals surface area contributed by atoms with Gasteiger partial charge in [-0.3, -0.25) is 0 Å². The summed E-state index contributed by atoms with van der Waals surface area (Å²) in [6.07, 6.45) is 1.78. The smallest absolute Gasteiger partial charge is 0.338 e. The SMILES string of the molecule is CCCCOC(=O)C1=C(C)NC(=O)NC1c1ccc(N(CC)CC)cc1. The monoisotopic (exact) mass is 359 g/mol. The highest BCUT2D eigenvalue weighted by atomic mass is 16.5. The quantitative estimate of drug-likeness (QED) is 0.550. The predicted octanol–water partition coefficient (Wildman–Crippen LogP) is 3.50. The Hall–Kier alpha value is -2.50. The maximum Gasteiger partial charge on any atom is 0.338 e. The maximum atomic E-state index is 12.6. The molecule has 0 aromatic heterocycles. The van der Waals surface area contributed by atoms with Crippen molar-refractivity contribution in [2.45, 2.75) is 46.6 Å². The first kappa shape index (κ1) is 19.8. The van der Waals surface area contributed by atoms with Crippen molar-refractivity contribution in [3.05, 3.63) is 41.1 Å². The van der Waals surface area contributed by atoms with Gasteiger partial charge in [-0.25, -0.2) is 9.59 Å². The Morgan fingerprint density at radius 3 is 2.38 bits per heavy atom. The average Bonchev–Trinajstić information content (AvgIpc) is 2.62. The van der Waals surface area contributed by atoms with Crippen LogP contribution in [0.5, 0.6) is 0 Å². The van der Waals surface area contributed by atoms with Crippen LogP contribution in [0.15, 0.2) is 35.5 Å². The second-order valence-corrected chi connectivity index (χ2v) is 6.32. The molecule has 6 heteroatoms. The minimum atomic E-state index is -0.511. The number of allylic oxidation sites excluding steroid dienone is 1. The molecule has 1 heterocycles. The normalized spacial score (nSPS) is 16.8. The lowest BCUT2D eigenvalue weighted by Crippen LogP contribution is -2.45. The fraction of sp³-hybridized carbons (Fsp3) is 0.500. The molecule has 0 saturated carbocycles. The number of amides is 2. The molecule has 1 atom stereocenters. The van der Waals surface area contributed by atoms with Crippen molar-refractivity contribution in [3.8, 4) is 0 Å². The fourth-order valence-corrected chi connectivity index (χ4v) is 3.07. The summed E-state index contributed by atoms with van der Waals surface area (Å²) in [5.41, 5.74) is 2.97. The molecule has 2 N–H and O–H groups in total. The minimum absolute atomic E-state index is 0.314. The molecule has 2 amide bonds. The molecule has 0 aliphatic carbocycles. The molecular weight excluding hydrogens is 330 g/mol. The van der Waals surface area contributed by atoms with Crippen LogP contribution in [-0.4, -0.2) is 31.7 Å². The van der Waals surface area contributed by atoms with Crippen molar-refractivity contribution in [1.82, 2.24) is 10.6 Å². The number of carbonyl (C=O) groups excluding carboxylic acids is 2. The van der Waals surface area contributed by atoms with E-state index in [1.54, 1.807) is 6.92 Å². The summed E-state index contributed by atoms with van der Waals surface area (Å²) >= 11 is 0. The first-order chi connectivity index (χ1) is 12.5. The number of ether oxygens (including phenoxy) is 1. The minimum Gasteiger partial charge on any atom is -0.462 e. The number of hydrogen-bond acceptors (Lipinski definition) is 4. The molecule has 1 unspecified atom stereocenters. The van der Waals surface area contributed by atoms with Crippen LogP contribution in [0.1, 0.15) is 52.1 Å². The van der Waals surface area contributed by atoms with Gasteiger partial charge in [0, 0.05) is 24.5 Å². The van der Waals surface area contributed by atoms with E-state index < -0.39 is 6.04 Å². The lowest BCUT2D eigenvalue weighted by molar-refractivity contribution is -0.139. The van der Waals surface area contributed by atoms with E-state index >= 15 is 0 Å². The third kappa shape index (κ3) is 4.56. The van der Waals surface area contributed by atoms with Gasteiger partial charge in [-0.05, 0) is 44.9 Å².